The Morgan fingerprint density at radius 3 is 1.69 bits per heavy atom. The third-order valence-electron chi connectivity index (χ3n) is 13.2. The quantitative estimate of drug-likeness (QED) is 0.113. The molecule has 8 aromatic carbocycles. The Morgan fingerprint density at radius 2 is 1.00 bits per heavy atom. The Bertz CT molecular complexity index is 3370. The van der Waals surface area contributed by atoms with E-state index >= 15 is 0 Å². The Kier molecular flexibility index (Phi) is 9.37. The van der Waals surface area contributed by atoms with Crippen LogP contribution in [0, 0.1) is 0 Å². The van der Waals surface area contributed by atoms with E-state index in [1.54, 1.807) is 0 Å². The van der Waals surface area contributed by atoms with E-state index in [0.717, 1.165) is 22.8 Å². The number of benzene rings is 8. The molecule has 0 saturated carbocycles. The van der Waals surface area contributed by atoms with Gasteiger partial charge in [0.25, 0.3) is 0 Å². The molecule has 0 aliphatic carbocycles. The van der Waals surface area contributed by atoms with Crippen LogP contribution in [0.2, 0.25) is 0 Å². The molecule has 0 fully saturated rings. The molecule has 0 bridgehead atoms. The predicted octanol–water partition coefficient (Wildman–Crippen LogP) is 9.05. The minimum absolute atomic E-state index is 0.965. The summed E-state index contributed by atoms with van der Waals surface area (Å²) < 4.78 is 2.57. The highest BCUT2D eigenvalue weighted by atomic mass is 32.1. The van der Waals surface area contributed by atoms with Gasteiger partial charge in [-0.05, 0) is 84.0 Å². The summed E-state index contributed by atoms with van der Waals surface area (Å²) in [4.78, 5) is 12.7. The van der Waals surface area contributed by atoms with E-state index < -0.39 is 16.1 Å². The third kappa shape index (κ3) is 5.91. The summed E-state index contributed by atoms with van der Waals surface area (Å²) in [6.07, 6.45) is 3.86. The van der Waals surface area contributed by atoms with Gasteiger partial charge in [-0.3, -0.25) is 9.88 Å². The predicted molar refractivity (Wildman–Crippen MR) is 276 cm³/mol. The van der Waals surface area contributed by atoms with Gasteiger partial charge in [0.2, 0.25) is 0 Å². The first-order chi connectivity index (χ1) is 31.7. The zero-order chi connectivity index (χ0) is 42.5. The topological polar surface area (TPSA) is 29.0 Å². The highest BCUT2D eigenvalue weighted by Crippen LogP contribution is 2.42. The van der Waals surface area contributed by atoms with Gasteiger partial charge in [0.1, 0.15) is 5.82 Å². The van der Waals surface area contributed by atoms with E-state index in [2.05, 4.69) is 235 Å². The van der Waals surface area contributed by atoms with Crippen LogP contribution in [0.15, 0.2) is 249 Å². The van der Waals surface area contributed by atoms with E-state index in [1.165, 1.54) is 67.4 Å². The standard InChI is InChI=1S/C58H41N3SSi2/c1-5-22-44(23-6-1)63(45-24-7-2-8-25-45,48-30-17-20-42(38-48)52-33-15-16-36-59-52)49-31-18-21-43(39-49)61-53-41-55-51(50-32-13-14-34-54(50)62-55)40-57(53)64(46-26-9-3-10-27-46,47-28-11-4-12-29-47)56-35-19-37-60-58(56)61/h1-41H. The van der Waals surface area contributed by atoms with Gasteiger partial charge >= 0.3 is 0 Å². The summed E-state index contributed by atoms with van der Waals surface area (Å²) in [5, 5.41) is 13.2. The Balaban J connectivity index is 1.17. The minimum atomic E-state index is -3.01. The maximum absolute atomic E-state index is 5.43. The van der Waals surface area contributed by atoms with Crippen LogP contribution in [-0.4, -0.2) is 26.1 Å². The van der Waals surface area contributed by atoms with Crippen LogP contribution in [0.4, 0.5) is 17.2 Å². The van der Waals surface area contributed by atoms with Crippen LogP contribution in [-0.2, 0) is 0 Å². The summed E-state index contributed by atoms with van der Waals surface area (Å²) in [5.74, 6) is 0.982. The number of thiophene rings is 1. The van der Waals surface area contributed by atoms with E-state index in [1.807, 2.05) is 29.8 Å². The molecule has 3 aromatic heterocycles. The summed E-state index contributed by atoms with van der Waals surface area (Å²) in [5.41, 5.74) is 4.35. The van der Waals surface area contributed by atoms with Gasteiger partial charge in [0, 0.05) is 49.5 Å². The zero-order valence-electron chi connectivity index (χ0n) is 34.9. The second-order valence-electron chi connectivity index (χ2n) is 16.5. The van der Waals surface area contributed by atoms with Crippen molar-refractivity contribution in [2.45, 2.75) is 0 Å². The van der Waals surface area contributed by atoms with Gasteiger partial charge in [-0.1, -0.05) is 194 Å². The molecule has 0 saturated heterocycles. The first kappa shape index (κ1) is 38.2. The van der Waals surface area contributed by atoms with Gasteiger partial charge in [-0.15, -0.1) is 11.3 Å². The van der Waals surface area contributed by atoms with E-state index in [-0.39, 0.29) is 0 Å². The number of rotatable bonds is 8. The molecule has 11 aromatic rings. The lowest BCUT2D eigenvalue weighted by Gasteiger charge is -2.44. The van der Waals surface area contributed by atoms with Crippen molar-refractivity contribution in [2.75, 3.05) is 4.90 Å². The average Bonchev–Trinajstić information content (AvgIpc) is 3.74. The number of nitrogens with zero attached hydrogens (tertiary/aromatic N) is 3. The molecule has 0 radical (unpaired) electrons. The van der Waals surface area contributed by atoms with Crippen molar-refractivity contribution in [1.82, 2.24) is 9.97 Å². The van der Waals surface area contributed by atoms with Crippen LogP contribution < -0.4 is 46.4 Å². The van der Waals surface area contributed by atoms with Crippen LogP contribution >= 0.6 is 11.3 Å². The van der Waals surface area contributed by atoms with Gasteiger partial charge in [0.05, 0.1) is 5.69 Å². The zero-order valence-corrected chi connectivity index (χ0v) is 37.7. The molecule has 0 unspecified atom stereocenters. The summed E-state index contributed by atoms with van der Waals surface area (Å²) in [6.45, 7) is 0. The normalized spacial score (nSPS) is 13.1. The molecule has 4 heterocycles. The van der Waals surface area contributed by atoms with Crippen molar-refractivity contribution in [3.05, 3.63) is 249 Å². The molecule has 0 atom stereocenters. The van der Waals surface area contributed by atoms with Crippen molar-refractivity contribution in [3.63, 3.8) is 0 Å². The smallest absolute Gasteiger partial charge is 0.186 e. The molecule has 64 heavy (non-hydrogen) atoms. The Hall–Kier alpha value is -7.49. The lowest BCUT2D eigenvalue weighted by molar-refractivity contribution is 1.19. The molecular weight excluding hydrogens is 827 g/mol. The highest BCUT2D eigenvalue weighted by Gasteiger charge is 2.50. The second kappa shape index (κ2) is 15.7. The molecule has 3 nitrogen and oxygen atoms in total. The van der Waals surface area contributed by atoms with Crippen molar-refractivity contribution in [2.24, 2.45) is 0 Å². The lowest BCUT2D eigenvalue weighted by atomic mass is 10.1. The van der Waals surface area contributed by atoms with E-state index in [9.17, 15) is 0 Å². The number of hydrogen-bond acceptors (Lipinski definition) is 4. The largest absolute Gasteiger partial charge is 0.295 e. The number of aromatic nitrogens is 2. The maximum Gasteiger partial charge on any atom is 0.186 e. The van der Waals surface area contributed by atoms with Crippen molar-refractivity contribution in [3.8, 4) is 11.3 Å². The fraction of sp³-hybridized carbons (Fsp3) is 0. The molecule has 0 spiro atoms. The second-order valence-corrected chi connectivity index (χ2v) is 25.1. The summed E-state index contributed by atoms with van der Waals surface area (Å²) in [7, 11) is -5.98. The fourth-order valence-electron chi connectivity index (χ4n) is 10.5. The molecule has 1 aliphatic rings. The molecule has 6 heteroatoms. The maximum atomic E-state index is 5.43. The monoisotopic (exact) mass is 867 g/mol. The molecule has 0 amide bonds. The fourth-order valence-corrected chi connectivity index (χ4v) is 21.5. The molecule has 12 rings (SSSR count). The first-order valence-corrected chi connectivity index (χ1v) is 26.6. The van der Waals surface area contributed by atoms with Crippen molar-refractivity contribution in [1.29, 1.82) is 0 Å². The average molecular weight is 868 g/mol. The van der Waals surface area contributed by atoms with Gasteiger partial charge in [-0.25, -0.2) is 4.98 Å². The number of hydrogen-bond donors (Lipinski definition) is 0. The third-order valence-corrected chi connectivity index (χ3v) is 23.9. The van der Waals surface area contributed by atoms with E-state index in [4.69, 9.17) is 9.97 Å². The molecule has 302 valence electrons. The van der Waals surface area contributed by atoms with Crippen LogP contribution in [0.25, 0.3) is 31.4 Å². The summed E-state index contributed by atoms with van der Waals surface area (Å²) in [6, 6.07) is 88.0. The van der Waals surface area contributed by atoms with Crippen molar-refractivity contribution >= 4 is 106 Å². The molecular formula is C58H41N3SSi2. The molecule has 0 N–H and O–H groups in total. The minimum Gasteiger partial charge on any atom is -0.295 e. The number of anilines is 3. The number of fused-ring (bicyclic) bond motifs is 5. The van der Waals surface area contributed by atoms with Gasteiger partial charge in [0.15, 0.2) is 16.1 Å². The van der Waals surface area contributed by atoms with Gasteiger partial charge < -0.3 is 0 Å². The van der Waals surface area contributed by atoms with Gasteiger partial charge in [-0.2, -0.15) is 0 Å². The number of pyridine rings is 2. The SMILES string of the molecule is c1ccc([Si](c2ccccc2)(c2cccc(-c3ccccn3)c2)c2cccc(N3c4cc5sc6ccccc6c5cc4[Si](c4ccccc4)(c4ccccc4)c4cccnc43)c2)cc1. The molecule has 1 aliphatic heterocycles. The highest BCUT2D eigenvalue weighted by molar-refractivity contribution is 7.26. The summed E-state index contributed by atoms with van der Waals surface area (Å²) >= 11 is 1.87. The first-order valence-electron chi connectivity index (χ1n) is 21.8. The van der Waals surface area contributed by atoms with Crippen LogP contribution in [0.5, 0.6) is 0 Å². The van der Waals surface area contributed by atoms with Crippen LogP contribution in [0.1, 0.15) is 0 Å². The Labute approximate surface area is 379 Å². The van der Waals surface area contributed by atoms with Crippen molar-refractivity contribution < 1.29 is 0 Å². The Morgan fingerprint density at radius 1 is 0.406 bits per heavy atom. The van der Waals surface area contributed by atoms with E-state index in [0.29, 0.717) is 0 Å². The lowest BCUT2D eigenvalue weighted by Crippen LogP contribution is -2.77. The van der Waals surface area contributed by atoms with Crippen LogP contribution in [0.3, 0.4) is 0 Å².